The lowest BCUT2D eigenvalue weighted by Gasteiger charge is -2.14. The lowest BCUT2D eigenvalue weighted by atomic mass is 10.0. The predicted octanol–water partition coefficient (Wildman–Crippen LogP) is 4.73. The van der Waals surface area contributed by atoms with Crippen LogP contribution in [0.2, 0.25) is 5.02 Å². The highest BCUT2D eigenvalue weighted by atomic mass is 35.5. The summed E-state index contributed by atoms with van der Waals surface area (Å²) in [5.41, 5.74) is 2.95. The summed E-state index contributed by atoms with van der Waals surface area (Å²) in [5.74, 6) is 0. The van der Waals surface area contributed by atoms with Crippen molar-refractivity contribution in [3.63, 3.8) is 0 Å². The number of rotatable bonds is 7. The van der Waals surface area contributed by atoms with E-state index in [0.29, 0.717) is 22.7 Å². The molecule has 6 nitrogen and oxygen atoms in total. The van der Waals surface area contributed by atoms with Crippen LogP contribution in [0.4, 0.5) is 0 Å². The Hall–Kier alpha value is -2.65. The normalized spacial score (nSPS) is 13.3. The lowest BCUT2D eigenvalue weighted by Crippen LogP contribution is -2.25. The van der Waals surface area contributed by atoms with Gasteiger partial charge in [-0.1, -0.05) is 54.1 Å². The fourth-order valence-corrected chi connectivity index (χ4v) is 6.27. The second kappa shape index (κ2) is 8.95. The fraction of sp³-hybridized carbons (Fsp3) is 0.167. The minimum absolute atomic E-state index is 0.158. The average Bonchev–Trinajstić information content (AvgIpc) is 3.12. The second-order valence-corrected chi connectivity index (χ2v) is 12.0. The highest BCUT2D eigenvalue weighted by molar-refractivity contribution is 7.90. The molecule has 0 spiro atoms. The third kappa shape index (κ3) is 5.14. The molecule has 0 aliphatic heterocycles. The van der Waals surface area contributed by atoms with E-state index >= 15 is 0 Å². The van der Waals surface area contributed by atoms with Crippen molar-refractivity contribution in [2.45, 2.75) is 24.3 Å². The molecule has 1 N–H and O–H groups in total. The van der Waals surface area contributed by atoms with Crippen molar-refractivity contribution in [1.29, 1.82) is 0 Å². The summed E-state index contributed by atoms with van der Waals surface area (Å²) in [5, 5.41) is 1.29. The van der Waals surface area contributed by atoms with E-state index in [1.807, 2.05) is 48.5 Å². The van der Waals surface area contributed by atoms with Crippen molar-refractivity contribution in [2.24, 2.45) is 0 Å². The molecule has 0 aliphatic rings. The average molecular weight is 503 g/mol. The molecule has 0 bridgehead atoms. The Bertz CT molecular complexity index is 1510. The number of aromatic nitrogens is 1. The van der Waals surface area contributed by atoms with Gasteiger partial charge in [-0.15, -0.1) is 0 Å². The van der Waals surface area contributed by atoms with Gasteiger partial charge in [0.25, 0.3) is 10.0 Å². The van der Waals surface area contributed by atoms with Gasteiger partial charge in [0.05, 0.1) is 16.7 Å². The number of hydrogen-bond donors (Lipinski definition) is 1. The van der Waals surface area contributed by atoms with E-state index in [4.69, 9.17) is 11.6 Å². The molecule has 0 saturated heterocycles. The number of benzene rings is 3. The molecule has 1 atom stereocenters. The third-order valence-corrected chi connectivity index (χ3v) is 8.16. The Balaban J connectivity index is 1.73. The Morgan fingerprint density at radius 1 is 0.909 bits per heavy atom. The Kier molecular flexibility index (Phi) is 6.37. The SMILES string of the molecule is CC(NS(C)(=O)=O)c1ccc(Cc2cc3ccccc3n2S(=O)(=O)c2ccc(Cl)cc2)cc1. The largest absolute Gasteiger partial charge is 0.268 e. The summed E-state index contributed by atoms with van der Waals surface area (Å²) in [4.78, 5) is 0.158. The maximum Gasteiger partial charge on any atom is 0.268 e. The molecule has 1 unspecified atom stereocenters. The molecular formula is C24H23ClN2O4S2. The van der Waals surface area contributed by atoms with E-state index in [2.05, 4.69) is 4.72 Å². The molecule has 4 rings (SSSR count). The third-order valence-electron chi connectivity index (χ3n) is 5.35. The first-order valence-electron chi connectivity index (χ1n) is 10.2. The maximum atomic E-state index is 13.6. The van der Waals surface area contributed by atoms with Crippen LogP contribution in [0.15, 0.2) is 83.8 Å². The van der Waals surface area contributed by atoms with Crippen molar-refractivity contribution >= 4 is 42.6 Å². The van der Waals surface area contributed by atoms with Crippen LogP contribution in [-0.4, -0.2) is 27.1 Å². The molecule has 1 aromatic heterocycles. The number of para-hydroxylation sites is 1. The molecule has 0 amide bonds. The first kappa shape index (κ1) is 23.5. The molecule has 3 aromatic carbocycles. The summed E-state index contributed by atoms with van der Waals surface area (Å²) in [6.45, 7) is 1.77. The molecular weight excluding hydrogens is 480 g/mol. The Morgan fingerprint density at radius 2 is 1.55 bits per heavy atom. The minimum Gasteiger partial charge on any atom is -0.238 e. The van der Waals surface area contributed by atoms with Gasteiger partial charge in [0, 0.05) is 28.6 Å². The molecule has 4 aromatic rings. The van der Waals surface area contributed by atoms with Gasteiger partial charge in [0.1, 0.15) is 0 Å². The molecule has 0 fully saturated rings. The highest BCUT2D eigenvalue weighted by Crippen LogP contribution is 2.28. The quantitative estimate of drug-likeness (QED) is 0.396. The van der Waals surface area contributed by atoms with Gasteiger partial charge in [-0.05, 0) is 54.4 Å². The van der Waals surface area contributed by atoms with Crippen LogP contribution in [-0.2, 0) is 26.5 Å². The number of sulfonamides is 1. The van der Waals surface area contributed by atoms with Gasteiger partial charge in [0.2, 0.25) is 10.0 Å². The topological polar surface area (TPSA) is 85.2 Å². The second-order valence-electron chi connectivity index (χ2n) is 7.95. The van der Waals surface area contributed by atoms with Crippen LogP contribution in [0.1, 0.15) is 29.8 Å². The number of fused-ring (bicyclic) bond motifs is 1. The highest BCUT2D eigenvalue weighted by Gasteiger charge is 2.23. The van der Waals surface area contributed by atoms with Crippen LogP contribution < -0.4 is 4.72 Å². The van der Waals surface area contributed by atoms with E-state index in [9.17, 15) is 16.8 Å². The maximum absolute atomic E-state index is 13.6. The van der Waals surface area contributed by atoms with Crippen molar-refractivity contribution < 1.29 is 16.8 Å². The van der Waals surface area contributed by atoms with E-state index in [1.54, 1.807) is 25.1 Å². The van der Waals surface area contributed by atoms with Crippen molar-refractivity contribution in [2.75, 3.05) is 6.26 Å². The molecule has 0 radical (unpaired) electrons. The van der Waals surface area contributed by atoms with E-state index < -0.39 is 20.0 Å². The van der Waals surface area contributed by atoms with Crippen molar-refractivity contribution in [1.82, 2.24) is 8.69 Å². The monoisotopic (exact) mass is 502 g/mol. The zero-order valence-corrected chi connectivity index (χ0v) is 20.5. The van der Waals surface area contributed by atoms with E-state index in [1.165, 1.54) is 16.1 Å². The van der Waals surface area contributed by atoms with E-state index in [0.717, 1.165) is 22.8 Å². The van der Waals surface area contributed by atoms with Crippen LogP contribution in [0.5, 0.6) is 0 Å². The smallest absolute Gasteiger partial charge is 0.238 e. The first-order chi connectivity index (χ1) is 15.5. The minimum atomic E-state index is -3.85. The van der Waals surface area contributed by atoms with E-state index in [-0.39, 0.29) is 10.9 Å². The molecule has 1 heterocycles. The Labute approximate surface area is 198 Å². The summed E-state index contributed by atoms with van der Waals surface area (Å²) < 4.78 is 54.1. The zero-order valence-electron chi connectivity index (χ0n) is 18.1. The molecule has 9 heteroatoms. The molecule has 33 heavy (non-hydrogen) atoms. The van der Waals surface area contributed by atoms with Crippen LogP contribution in [0, 0.1) is 0 Å². The first-order valence-corrected chi connectivity index (χ1v) is 13.9. The molecule has 172 valence electrons. The zero-order chi connectivity index (χ0) is 23.8. The van der Waals surface area contributed by atoms with Crippen molar-refractivity contribution in [3.8, 4) is 0 Å². The van der Waals surface area contributed by atoms with Gasteiger partial charge in [-0.25, -0.2) is 25.5 Å². The Morgan fingerprint density at radius 3 is 2.18 bits per heavy atom. The summed E-state index contributed by atoms with van der Waals surface area (Å²) >= 11 is 5.95. The van der Waals surface area contributed by atoms with Crippen LogP contribution in [0.3, 0.4) is 0 Å². The summed E-state index contributed by atoms with van der Waals surface area (Å²) in [7, 11) is -7.17. The van der Waals surface area contributed by atoms with Gasteiger partial charge in [-0.2, -0.15) is 0 Å². The summed E-state index contributed by atoms with van der Waals surface area (Å²) in [6.07, 6.45) is 1.51. The number of hydrogen-bond acceptors (Lipinski definition) is 4. The lowest BCUT2D eigenvalue weighted by molar-refractivity contribution is 0.573. The van der Waals surface area contributed by atoms with Gasteiger partial charge < -0.3 is 0 Å². The molecule has 0 saturated carbocycles. The standard InChI is InChI=1S/C24H23ClN2O4S2/c1-17(26-32(2,28)29)19-9-7-18(8-10-19)15-22-16-20-5-3-4-6-24(20)27(22)33(30,31)23-13-11-21(25)12-14-23/h3-14,16-17,26H,15H2,1-2H3. The number of halogens is 1. The summed E-state index contributed by atoms with van der Waals surface area (Å²) in [6, 6.07) is 22.4. The van der Waals surface area contributed by atoms with Crippen molar-refractivity contribution in [3.05, 3.63) is 101 Å². The number of nitrogens with one attached hydrogen (secondary N) is 1. The van der Waals surface area contributed by atoms with Gasteiger partial charge >= 0.3 is 0 Å². The predicted molar refractivity (Wildman–Crippen MR) is 132 cm³/mol. The van der Waals surface area contributed by atoms with Crippen LogP contribution in [0.25, 0.3) is 10.9 Å². The van der Waals surface area contributed by atoms with Gasteiger partial charge in [0.15, 0.2) is 0 Å². The fourth-order valence-electron chi connectivity index (χ4n) is 3.83. The molecule has 0 aliphatic carbocycles. The van der Waals surface area contributed by atoms with Crippen LogP contribution >= 0.6 is 11.6 Å². The van der Waals surface area contributed by atoms with Gasteiger partial charge in [-0.3, -0.25) is 0 Å². The number of nitrogens with zero attached hydrogens (tertiary/aromatic N) is 1.